The van der Waals surface area contributed by atoms with Crippen molar-refractivity contribution in [2.24, 2.45) is 5.92 Å². The van der Waals surface area contributed by atoms with Crippen LogP contribution >= 0.6 is 0 Å². The number of aliphatic carboxylic acids is 1. The number of hydrogen-bond donors (Lipinski definition) is 1. The van der Waals surface area contributed by atoms with Gasteiger partial charge in [0.05, 0.1) is 12.3 Å². The Morgan fingerprint density at radius 2 is 1.95 bits per heavy atom. The Hall–Kier alpha value is -1.98. The highest BCUT2D eigenvalue weighted by Gasteiger charge is 2.38. The number of carboxylic acids is 1. The summed E-state index contributed by atoms with van der Waals surface area (Å²) in [5.74, 6) is -3.56. The Labute approximate surface area is 115 Å². The van der Waals surface area contributed by atoms with Gasteiger partial charge in [0.25, 0.3) is 0 Å². The lowest BCUT2D eigenvalue weighted by Gasteiger charge is -2.23. The molecule has 0 spiro atoms. The standard InChI is InChI=1S/C14H15F2NO3/c1-8-9(14(19)20)5-6-17(8)13(18)7-10-11(15)3-2-4-12(10)16/h2-4,8-9H,5-7H2,1H3,(H,19,20). The van der Waals surface area contributed by atoms with E-state index >= 15 is 0 Å². The van der Waals surface area contributed by atoms with Gasteiger partial charge in [0, 0.05) is 18.2 Å². The van der Waals surface area contributed by atoms with Gasteiger partial charge in [-0.3, -0.25) is 9.59 Å². The highest BCUT2D eigenvalue weighted by molar-refractivity contribution is 5.81. The number of carboxylic acid groups (broad SMARTS) is 1. The lowest BCUT2D eigenvalue weighted by molar-refractivity contribution is -0.143. The topological polar surface area (TPSA) is 57.6 Å². The molecule has 108 valence electrons. The number of amides is 1. The van der Waals surface area contributed by atoms with E-state index in [2.05, 4.69) is 0 Å². The summed E-state index contributed by atoms with van der Waals surface area (Å²) in [6, 6.07) is 2.96. The normalized spacial score (nSPS) is 22.1. The molecule has 2 unspecified atom stereocenters. The minimum Gasteiger partial charge on any atom is -0.481 e. The van der Waals surface area contributed by atoms with E-state index in [0.29, 0.717) is 13.0 Å². The Balaban J connectivity index is 2.12. The lowest BCUT2D eigenvalue weighted by Crippen LogP contribution is -2.38. The summed E-state index contributed by atoms with van der Waals surface area (Å²) >= 11 is 0. The second-order valence-corrected chi connectivity index (χ2v) is 4.94. The first-order valence-electron chi connectivity index (χ1n) is 6.37. The summed E-state index contributed by atoms with van der Waals surface area (Å²) in [5.41, 5.74) is -0.275. The lowest BCUT2D eigenvalue weighted by atomic mass is 10.0. The van der Waals surface area contributed by atoms with Crippen LogP contribution < -0.4 is 0 Å². The van der Waals surface area contributed by atoms with E-state index in [1.54, 1.807) is 6.92 Å². The van der Waals surface area contributed by atoms with Gasteiger partial charge in [0.1, 0.15) is 11.6 Å². The van der Waals surface area contributed by atoms with E-state index in [0.717, 1.165) is 12.1 Å². The zero-order valence-electron chi connectivity index (χ0n) is 11.0. The van der Waals surface area contributed by atoms with Crippen molar-refractivity contribution in [2.75, 3.05) is 6.54 Å². The zero-order chi connectivity index (χ0) is 14.9. The summed E-state index contributed by atoms with van der Waals surface area (Å²) < 4.78 is 27.0. The molecule has 1 aliphatic heterocycles. The first kappa shape index (κ1) is 14.4. The summed E-state index contributed by atoms with van der Waals surface area (Å²) in [5, 5.41) is 9.00. The number of benzene rings is 1. The minimum atomic E-state index is -0.954. The van der Waals surface area contributed by atoms with E-state index in [-0.39, 0.29) is 5.56 Å². The van der Waals surface area contributed by atoms with Crippen LogP contribution in [0.1, 0.15) is 18.9 Å². The third-order valence-corrected chi connectivity index (χ3v) is 3.78. The number of hydrogen-bond acceptors (Lipinski definition) is 2. The van der Waals surface area contributed by atoms with E-state index in [1.165, 1.54) is 11.0 Å². The molecule has 0 bridgehead atoms. The van der Waals surface area contributed by atoms with Crippen molar-refractivity contribution < 1.29 is 23.5 Å². The molecule has 20 heavy (non-hydrogen) atoms. The van der Waals surface area contributed by atoms with Crippen molar-refractivity contribution in [2.45, 2.75) is 25.8 Å². The molecule has 1 N–H and O–H groups in total. The summed E-state index contributed by atoms with van der Waals surface area (Å²) in [4.78, 5) is 24.5. The summed E-state index contributed by atoms with van der Waals surface area (Å²) in [6.07, 6.45) is -0.0306. The van der Waals surface area contributed by atoms with Crippen LogP contribution in [-0.4, -0.2) is 34.5 Å². The van der Waals surface area contributed by atoms with E-state index in [4.69, 9.17) is 5.11 Å². The molecule has 2 atom stereocenters. The first-order chi connectivity index (χ1) is 9.41. The molecule has 1 aromatic rings. The fourth-order valence-corrected chi connectivity index (χ4v) is 2.58. The fraction of sp³-hybridized carbons (Fsp3) is 0.429. The summed E-state index contributed by atoms with van der Waals surface area (Å²) in [6.45, 7) is 1.94. The molecule has 1 fully saturated rings. The SMILES string of the molecule is CC1C(C(=O)O)CCN1C(=O)Cc1c(F)cccc1F. The van der Waals surface area contributed by atoms with Crippen LogP contribution in [0.3, 0.4) is 0 Å². The third kappa shape index (κ3) is 2.64. The number of rotatable bonds is 3. The van der Waals surface area contributed by atoms with Gasteiger partial charge in [-0.1, -0.05) is 6.07 Å². The first-order valence-corrected chi connectivity index (χ1v) is 6.37. The number of nitrogens with zero attached hydrogens (tertiary/aromatic N) is 1. The average molecular weight is 283 g/mol. The van der Waals surface area contributed by atoms with Crippen LogP contribution in [0.4, 0.5) is 8.78 Å². The molecular formula is C14H15F2NO3. The predicted molar refractivity (Wildman–Crippen MR) is 67.0 cm³/mol. The molecule has 0 aliphatic carbocycles. The summed E-state index contributed by atoms with van der Waals surface area (Å²) in [7, 11) is 0. The average Bonchev–Trinajstić information content (AvgIpc) is 2.76. The van der Waals surface area contributed by atoms with Gasteiger partial charge >= 0.3 is 5.97 Å². The molecule has 0 radical (unpaired) electrons. The van der Waals surface area contributed by atoms with Gasteiger partial charge in [-0.05, 0) is 25.5 Å². The maximum absolute atomic E-state index is 13.5. The van der Waals surface area contributed by atoms with Gasteiger partial charge in [-0.2, -0.15) is 0 Å². The van der Waals surface area contributed by atoms with Gasteiger partial charge in [0.2, 0.25) is 5.91 Å². The number of carbonyl (C=O) groups excluding carboxylic acids is 1. The number of carbonyl (C=O) groups is 2. The quantitative estimate of drug-likeness (QED) is 0.920. The zero-order valence-corrected chi connectivity index (χ0v) is 11.0. The molecule has 1 saturated heterocycles. The van der Waals surface area contributed by atoms with Crippen molar-refractivity contribution in [3.63, 3.8) is 0 Å². The van der Waals surface area contributed by atoms with Crippen molar-refractivity contribution in [1.29, 1.82) is 0 Å². The van der Waals surface area contributed by atoms with E-state index < -0.39 is 41.9 Å². The predicted octanol–water partition coefficient (Wildman–Crippen LogP) is 1.83. The fourth-order valence-electron chi connectivity index (χ4n) is 2.58. The molecule has 4 nitrogen and oxygen atoms in total. The molecule has 1 amide bonds. The Morgan fingerprint density at radius 1 is 1.35 bits per heavy atom. The van der Waals surface area contributed by atoms with Crippen LogP contribution in [0.15, 0.2) is 18.2 Å². The van der Waals surface area contributed by atoms with Crippen LogP contribution in [0.5, 0.6) is 0 Å². The van der Waals surface area contributed by atoms with Gasteiger partial charge in [0.15, 0.2) is 0 Å². The molecule has 0 aromatic heterocycles. The second-order valence-electron chi connectivity index (χ2n) is 4.94. The van der Waals surface area contributed by atoms with Crippen molar-refractivity contribution in [1.82, 2.24) is 4.90 Å². The molecule has 0 saturated carbocycles. The van der Waals surface area contributed by atoms with Crippen LogP contribution in [0.25, 0.3) is 0 Å². The largest absolute Gasteiger partial charge is 0.481 e. The molecular weight excluding hydrogens is 268 g/mol. The molecule has 1 aromatic carbocycles. The highest BCUT2D eigenvalue weighted by Crippen LogP contribution is 2.25. The minimum absolute atomic E-state index is 0.275. The Bertz CT molecular complexity index is 527. The maximum Gasteiger partial charge on any atom is 0.308 e. The van der Waals surface area contributed by atoms with Crippen LogP contribution in [0, 0.1) is 17.6 Å². The van der Waals surface area contributed by atoms with Crippen molar-refractivity contribution in [3.05, 3.63) is 35.4 Å². The van der Waals surface area contributed by atoms with Gasteiger partial charge in [-0.15, -0.1) is 0 Å². The number of likely N-dealkylation sites (tertiary alicyclic amines) is 1. The third-order valence-electron chi connectivity index (χ3n) is 3.78. The highest BCUT2D eigenvalue weighted by atomic mass is 19.1. The maximum atomic E-state index is 13.5. The Morgan fingerprint density at radius 3 is 2.45 bits per heavy atom. The van der Waals surface area contributed by atoms with Gasteiger partial charge < -0.3 is 10.0 Å². The number of halogens is 2. The van der Waals surface area contributed by atoms with Crippen LogP contribution in [0.2, 0.25) is 0 Å². The Kier molecular flexibility index (Phi) is 4.01. The van der Waals surface area contributed by atoms with Crippen molar-refractivity contribution >= 4 is 11.9 Å². The smallest absolute Gasteiger partial charge is 0.308 e. The van der Waals surface area contributed by atoms with Gasteiger partial charge in [-0.25, -0.2) is 8.78 Å². The molecule has 1 heterocycles. The van der Waals surface area contributed by atoms with Crippen molar-refractivity contribution in [3.8, 4) is 0 Å². The monoisotopic (exact) mass is 283 g/mol. The van der Waals surface area contributed by atoms with Crippen LogP contribution in [-0.2, 0) is 16.0 Å². The molecule has 1 aliphatic rings. The molecule has 2 rings (SSSR count). The van der Waals surface area contributed by atoms with E-state index in [9.17, 15) is 18.4 Å². The molecule has 6 heteroatoms. The second kappa shape index (κ2) is 5.56. The van der Waals surface area contributed by atoms with E-state index in [1.807, 2.05) is 0 Å².